The molecule has 0 saturated carbocycles. The third-order valence-corrected chi connectivity index (χ3v) is 4.96. The fraction of sp³-hybridized carbons (Fsp3) is 0.176. The maximum atomic E-state index is 12.0. The molecule has 1 atom stereocenters. The van der Waals surface area contributed by atoms with Crippen LogP contribution in [0.1, 0.15) is 11.1 Å². The molecule has 0 aliphatic carbocycles. The molecule has 0 radical (unpaired) electrons. The molecular formula is C17H17N3OS. The van der Waals surface area contributed by atoms with E-state index in [1.807, 2.05) is 12.1 Å². The Labute approximate surface area is 133 Å². The molecule has 3 rings (SSSR count). The predicted molar refractivity (Wildman–Crippen MR) is 90.8 cm³/mol. The molecule has 22 heavy (non-hydrogen) atoms. The average Bonchev–Trinajstić information content (AvgIpc) is 2.91. The van der Waals surface area contributed by atoms with Gasteiger partial charge >= 0.3 is 0 Å². The number of hydrogen-bond acceptors (Lipinski definition) is 2. The lowest BCUT2D eigenvalue weighted by Crippen LogP contribution is -2.27. The first kappa shape index (κ1) is 14.7. The van der Waals surface area contributed by atoms with Crippen LogP contribution in [0.5, 0.6) is 0 Å². The average molecular weight is 311 g/mol. The van der Waals surface area contributed by atoms with Gasteiger partial charge in [0, 0.05) is 4.90 Å². The van der Waals surface area contributed by atoms with Crippen molar-refractivity contribution in [2.75, 3.05) is 0 Å². The van der Waals surface area contributed by atoms with E-state index in [0.29, 0.717) is 6.42 Å². The first-order valence-corrected chi connectivity index (χ1v) is 7.91. The number of benzene rings is 2. The summed E-state index contributed by atoms with van der Waals surface area (Å²) in [4.78, 5) is 16.8. The molecule has 0 spiro atoms. The second-order valence-corrected chi connectivity index (χ2v) is 6.58. The molecule has 1 heterocycles. The van der Waals surface area contributed by atoms with Crippen LogP contribution in [-0.4, -0.2) is 17.1 Å². The van der Waals surface area contributed by atoms with E-state index in [4.69, 9.17) is 11.5 Å². The van der Waals surface area contributed by atoms with Gasteiger partial charge in [-0.2, -0.15) is 4.99 Å². The van der Waals surface area contributed by atoms with Crippen molar-refractivity contribution in [3.8, 4) is 11.1 Å². The van der Waals surface area contributed by atoms with Crippen molar-refractivity contribution in [2.45, 2.75) is 23.5 Å². The van der Waals surface area contributed by atoms with Crippen LogP contribution in [0.25, 0.3) is 11.1 Å². The number of nitrogens with two attached hydrogens (primary N) is 2. The minimum Gasteiger partial charge on any atom is -0.370 e. The zero-order valence-corrected chi connectivity index (χ0v) is 13.1. The maximum absolute atomic E-state index is 12.0. The summed E-state index contributed by atoms with van der Waals surface area (Å²) in [6.07, 6.45) is 0.652. The van der Waals surface area contributed by atoms with E-state index in [9.17, 15) is 4.79 Å². The molecule has 0 bridgehead atoms. The zero-order valence-electron chi connectivity index (χ0n) is 12.2. The molecule has 0 aromatic heterocycles. The lowest BCUT2D eigenvalue weighted by atomic mass is 9.96. The van der Waals surface area contributed by atoms with Crippen molar-refractivity contribution < 1.29 is 4.79 Å². The summed E-state index contributed by atoms with van der Waals surface area (Å²) in [6, 6.07) is 14.6. The van der Waals surface area contributed by atoms with Crippen molar-refractivity contribution in [1.29, 1.82) is 0 Å². The van der Waals surface area contributed by atoms with Crippen LogP contribution < -0.4 is 11.5 Å². The van der Waals surface area contributed by atoms with Gasteiger partial charge in [0.05, 0.1) is 5.25 Å². The summed E-state index contributed by atoms with van der Waals surface area (Å²) in [5, 5.41) is -0.247. The number of amides is 1. The highest BCUT2D eigenvalue weighted by Gasteiger charge is 2.30. The highest BCUT2D eigenvalue weighted by atomic mass is 32.2. The van der Waals surface area contributed by atoms with Gasteiger partial charge in [0.15, 0.2) is 5.96 Å². The molecule has 4 nitrogen and oxygen atoms in total. The molecule has 1 amide bonds. The van der Waals surface area contributed by atoms with E-state index in [0.717, 1.165) is 10.5 Å². The summed E-state index contributed by atoms with van der Waals surface area (Å²) < 4.78 is 0. The predicted octanol–water partition coefficient (Wildman–Crippen LogP) is 2.48. The zero-order chi connectivity index (χ0) is 15.7. The Kier molecular flexibility index (Phi) is 3.90. The number of rotatable bonds is 2. The molecule has 1 aliphatic heterocycles. The van der Waals surface area contributed by atoms with Crippen molar-refractivity contribution >= 4 is 23.6 Å². The number of nitrogens with zero attached hydrogens (tertiary/aromatic N) is 1. The maximum Gasteiger partial charge on any atom is 0.262 e. The number of hydrogen-bond donors (Lipinski definition) is 2. The molecular weight excluding hydrogens is 294 g/mol. The molecule has 2 aromatic rings. The SMILES string of the molecule is Cc1ccc(-c2cccc3c2CC(C(=O)N=C(N)N)S3)cc1. The summed E-state index contributed by atoms with van der Waals surface area (Å²) >= 11 is 1.53. The largest absolute Gasteiger partial charge is 0.370 e. The van der Waals surface area contributed by atoms with Gasteiger partial charge in [-0.15, -0.1) is 11.8 Å². The number of aliphatic imine (C=N–C) groups is 1. The lowest BCUT2D eigenvalue weighted by Gasteiger charge is -2.08. The van der Waals surface area contributed by atoms with Gasteiger partial charge in [0.25, 0.3) is 5.91 Å². The van der Waals surface area contributed by atoms with E-state index in [2.05, 4.69) is 42.2 Å². The summed E-state index contributed by atoms with van der Waals surface area (Å²) in [6.45, 7) is 2.07. The van der Waals surface area contributed by atoms with E-state index in [1.54, 1.807) is 0 Å². The summed E-state index contributed by atoms with van der Waals surface area (Å²) in [5.74, 6) is -0.448. The Morgan fingerprint density at radius 2 is 1.91 bits per heavy atom. The lowest BCUT2D eigenvalue weighted by molar-refractivity contribution is -0.117. The molecule has 0 fully saturated rings. The minimum absolute atomic E-state index is 0.180. The smallest absolute Gasteiger partial charge is 0.262 e. The van der Waals surface area contributed by atoms with Crippen molar-refractivity contribution in [3.05, 3.63) is 53.6 Å². The van der Waals surface area contributed by atoms with Crippen LogP contribution in [0.3, 0.4) is 0 Å². The Hall–Kier alpha value is -2.27. The molecule has 112 valence electrons. The van der Waals surface area contributed by atoms with Crippen LogP contribution in [-0.2, 0) is 11.2 Å². The highest BCUT2D eigenvalue weighted by molar-refractivity contribution is 8.01. The topological polar surface area (TPSA) is 81.5 Å². The third kappa shape index (κ3) is 2.85. The van der Waals surface area contributed by atoms with Crippen molar-refractivity contribution in [2.24, 2.45) is 16.5 Å². The molecule has 5 heteroatoms. The van der Waals surface area contributed by atoms with Gasteiger partial charge in [0.2, 0.25) is 0 Å². The van der Waals surface area contributed by atoms with Crippen molar-refractivity contribution in [1.82, 2.24) is 0 Å². The van der Waals surface area contributed by atoms with E-state index in [1.165, 1.54) is 28.5 Å². The fourth-order valence-corrected chi connectivity index (χ4v) is 3.81. The van der Waals surface area contributed by atoms with E-state index in [-0.39, 0.29) is 17.1 Å². The molecule has 0 saturated heterocycles. The molecule has 4 N–H and O–H groups in total. The molecule has 1 aliphatic rings. The normalized spacial score (nSPS) is 16.1. The van der Waals surface area contributed by atoms with Crippen molar-refractivity contribution in [3.63, 3.8) is 0 Å². The van der Waals surface area contributed by atoms with Gasteiger partial charge in [-0.1, -0.05) is 42.0 Å². The number of guanidine groups is 1. The Morgan fingerprint density at radius 3 is 2.59 bits per heavy atom. The second-order valence-electron chi connectivity index (χ2n) is 5.33. The standard InChI is InChI=1S/C17H17N3OS/c1-10-5-7-11(8-6-10)12-3-2-4-14-13(12)9-15(22-14)16(21)20-17(18)19/h2-8,15H,9H2,1H3,(H4,18,19,20,21). The summed E-state index contributed by atoms with van der Waals surface area (Å²) in [7, 11) is 0. The van der Waals surface area contributed by atoms with Gasteiger partial charge in [0.1, 0.15) is 0 Å². The Morgan fingerprint density at radius 1 is 1.18 bits per heavy atom. The fourth-order valence-electron chi connectivity index (χ4n) is 2.61. The van der Waals surface area contributed by atoms with Crippen LogP contribution in [0, 0.1) is 6.92 Å². The third-order valence-electron chi connectivity index (χ3n) is 3.67. The Balaban J connectivity index is 1.94. The van der Waals surface area contributed by atoms with Gasteiger partial charge < -0.3 is 11.5 Å². The monoisotopic (exact) mass is 311 g/mol. The van der Waals surface area contributed by atoms with Gasteiger partial charge in [-0.05, 0) is 36.1 Å². The second kappa shape index (κ2) is 5.85. The number of carbonyl (C=O) groups excluding carboxylic acids is 1. The van der Waals surface area contributed by atoms with Crippen LogP contribution in [0.15, 0.2) is 52.4 Å². The van der Waals surface area contributed by atoms with Gasteiger partial charge in [-0.25, -0.2) is 0 Å². The number of aryl methyl sites for hydroxylation is 1. The summed E-state index contributed by atoms with van der Waals surface area (Å²) in [5.41, 5.74) is 15.4. The van der Waals surface area contributed by atoms with Crippen LogP contribution in [0.4, 0.5) is 0 Å². The minimum atomic E-state index is -0.268. The van der Waals surface area contributed by atoms with E-state index >= 15 is 0 Å². The highest BCUT2D eigenvalue weighted by Crippen LogP contribution is 2.42. The van der Waals surface area contributed by atoms with Gasteiger partial charge in [-0.3, -0.25) is 4.79 Å². The Bertz CT molecular complexity index is 749. The van der Waals surface area contributed by atoms with E-state index < -0.39 is 0 Å². The first-order valence-electron chi connectivity index (χ1n) is 7.03. The molecule has 1 unspecified atom stereocenters. The van der Waals surface area contributed by atoms with Crippen LogP contribution in [0.2, 0.25) is 0 Å². The molecule has 2 aromatic carbocycles. The number of thioether (sulfide) groups is 1. The number of carbonyl (C=O) groups is 1. The number of fused-ring (bicyclic) bond motifs is 1. The quantitative estimate of drug-likeness (QED) is 0.659. The first-order chi connectivity index (χ1) is 10.5. The van der Waals surface area contributed by atoms with Crippen LogP contribution >= 0.6 is 11.8 Å².